The lowest BCUT2D eigenvalue weighted by Crippen LogP contribution is -2.04. The lowest BCUT2D eigenvalue weighted by atomic mass is 10.2. The quantitative estimate of drug-likeness (QED) is 0.594. The van der Waals surface area contributed by atoms with E-state index in [0.717, 1.165) is 5.56 Å². The fraction of sp³-hybridized carbons (Fsp3) is 0.250. The SMILES string of the molecule is CN(F)Cc1ccc(F)cc1. The minimum atomic E-state index is -0.296. The first-order valence-electron chi connectivity index (χ1n) is 3.30. The van der Waals surface area contributed by atoms with Crippen molar-refractivity contribution in [2.45, 2.75) is 6.54 Å². The van der Waals surface area contributed by atoms with Crippen LogP contribution in [-0.2, 0) is 6.54 Å². The van der Waals surface area contributed by atoms with E-state index in [0.29, 0.717) is 5.12 Å². The summed E-state index contributed by atoms with van der Waals surface area (Å²) in [4.78, 5) is 0. The molecule has 60 valence electrons. The Bertz CT molecular complexity index is 218. The van der Waals surface area contributed by atoms with Crippen molar-refractivity contribution in [3.05, 3.63) is 35.6 Å². The summed E-state index contributed by atoms with van der Waals surface area (Å²) in [5.74, 6) is -0.296. The lowest BCUT2D eigenvalue weighted by Gasteiger charge is -2.03. The number of nitrogens with zero attached hydrogens (tertiary/aromatic N) is 1. The van der Waals surface area contributed by atoms with E-state index >= 15 is 0 Å². The van der Waals surface area contributed by atoms with Crippen molar-refractivity contribution in [2.24, 2.45) is 0 Å². The smallest absolute Gasteiger partial charge is 0.123 e. The predicted octanol–water partition coefficient (Wildman–Crippen LogP) is 2.14. The zero-order valence-corrected chi connectivity index (χ0v) is 6.22. The third-order valence-electron chi connectivity index (χ3n) is 1.31. The molecule has 1 aromatic rings. The van der Waals surface area contributed by atoms with Gasteiger partial charge in [0.2, 0.25) is 0 Å². The molecule has 0 saturated carbocycles. The lowest BCUT2D eigenvalue weighted by molar-refractivity contribution is 0.0505. The Kier molecular flexibility index (Phi) is 2.54. The zero-order chi connectivity index (χ0) is 8.27. The molecule has 0 saturated heterocycles. The van der Waals surface area contributed by atoms with Gasteiger partial charge in [0.15, 0.2) is 0 Å². The van der Waals surface area contributed by atoms with Gasteiger partial charge in [0, 0.05) is 7.05 Å². The maximum absolute atomic E-state index is 12.3. The number of halogens is 2. The van der Waals surface area contributed by atoms with E-state index in [1.54, 1.807) is 12.1 Å². The van der Waals surface area contributed by atoms with Crippen molar-refractivity contribution in [1.82, 2.24) is 5.12 Å². The van der Waals surface area contributed by atoms with Crippen molar-refractivity contribution in [3.8, 4) is 0 Å². The van der Waals surface area contributed by atoms with E-state index in [1.165, 1.54) is 19.2 Å². The van der Waals surface area contributed by atoms with Gasteiger partial charge in [-0.15, -0.1) is 9.60 Å². The maximum Gasteiger partial charge on any atom is 0.123 e. The topological polar surface area (TPSA) is 3.24 Å². The molecular weight excluding hydrogens is 148 g/mol. The second-order valence-corrected chi connectivity index (χ2v) is 2.39. The second kappa shape index (κ2) is 3.44. The van der Waals surface area contributed by atoms with Crippen molar-refractivity contribution < 1.29 is 8.87 Å². The fourth-order valence-corrected chi connectivity index (χ4v) is 0.841. The van der Waals surface area contributed by atoms with Crippen LogP contribution in [-0.4, -0.2) is 12.2 Å². The Morgan fingerprint density at radius 1 is 1.27 bits per heavy atom. The largest absolute Gasteiger partial charge is 0.207 e. The van der Waals surface area contributed by atoms with Crippen LogP contribution in [0.5, 0.6) is 0 Å². The van der Waals surface area contributed by atoms with Gasteiger partial charge < -0.3 is 0 Å². The van der Waals surface area contributed by atoms with Gasteiger partial charge in [-0.3, -0.25) is 0 Å². The first kappa shape index (κ1) is 8.14. The van der Waals surface area contributed by atoms with E-state index in [2.05, 4.69) is 0 Å². The molecule has 0 aliphatic carbocycles. The second-order valence-electron chi connectivity index (χ2n) is 2.39. The Hall–Kier alpha value is -0.960. The molecule has 1 aromatic carbocycles. The Morgan fingerprint density at radius 3 is 2.27 bits per heavy atom. The van der Waals surface area contributed by atoms with Crippen LogP contribution in [0.25, 0.3) is 0 Å². The van der Waals surface area contributed by atoms with Crippen molar-refractivity contribution >= 4 is 0 Å². The molecule has 1 nitrogen and oxygen atoms in total. The summed E-state index contributed by atoms with van der Waals surface area (Å²) < 4.78 is 24.5. The molecule has 1 rings (SSSR count). The highest BCUT2D eigenvalue weighted by Crippen LogP contribution is 2.04. The van der Waals surface area contributed by atoms with Gasteiger partial charge in [-0.1, -0.05) is 12.1 Å². The highest BCUT2D eigenvalue weighted by atomic mass is 19.2. The van der Waals surface area contributed by atoms with E-state index < -0.39 is 0 Å². The van der Waals surface area contributed by atoms with Crippen LogP contribution in [0, 0.1) is 5.82 Å². The normalized spacial score (nSPS) is 10.5. The van der Waals surface area contributed by atoms with Crippen LogP contribution in [0.2, 0.25) is 0 Å². The van der Waals surface area contributed by atoms with Gasteiger partial charge in [0.25, 0.3) is 0 Å². The summed E-state index contributed by atoms with van der Waals surface area (Å²) in [5.41, 5.74) is 0.761. The molecule has 0 heterocycles. The summed E-state index contributed by atoms with van der Waals surface area (Å²) >= 11 is 0. The summed E-state index contributed by atoms with van der Waals surface area (Å²) in [6.45, 7) is 0.195. The number of rotatable bonds is 2. The third kappa shape index (κ3) is 2.63. The highest BCUT2D eigenvalue weighted by Gasteiger charge is 1.96. The molecule has 0 bridgehead atoms. The molecule has 0 amide bonds. The van der Waals surface area contributed by atoms with Crippen LogP contribution in [0.15, 0.2) is 24.3 Å². The molecule has 0 unspecified atom stereocenters. The summed E-state index contributed by atoms with van der Waals surface area (Å²) in [6.07, 6.45) is 0. The number of hydrogen-bond acceptors (Lipinski definition) is 1. The first-order chi connectivity index (χ1) is 5.18. The summed E-state index contributed by atoms with van der Waals surface area (Å²) in [6, 6.07) is 5.76. The van der Waals surface area contributed by atoms with Gasteiger partial charge in [0.05, 0.1) is 6.54 Å². The first-order valence-corrected chi connectivity index (χ1v) is 3.30. The van der Waals surface area contributed by atoms with Crippen LogP contribution in [0.1, 0.15) is 5.56 Å². The molecule has 0 N–H and O–H groups in total. The van der Waals surface area contributed by atoms with Crippen LogP contribution in [0.3, 0.4) is 0 Å². The molecule has 0 radical (unpaired) electrons. The number of benzene rings is 1. The van der Waals surface area contributed by atoms with Crippen LogP contribution in [0.4, 0.5) is 8.87 Å². The summed E-state index contributed by atoms with van der Waals surface area (Å²) in [7, 11) is 1.32. The van der Waals surface area contributed by atoms with Crippen LogP contribution < -0.4 is 0 Å². The molecule has 0 atom stereocenters. The molecular formula is C8H9F2N. The van der Waals surface area contributed by atoms with E-state index in [1.807, 2.05) is 0 Å². The van der Waals surface area contributed by atoms with Gasteiger partial charge in [-0.25, -0.2) is 4.39 Å². The van der Waals surface area contributed by atoms with Gasteiger partial charge in [-0.05, 0) is 17.7 Å². The highest BCUT2D eigenvalue weighted by molar-refractivity contribution is 5.15. The van der Waals surface area contributed by atoms with Crippen molar-refractivity contribution in [3.63, 3.8) is 0 Å². The predicted molar refractivity (Wildman–Crippen MR) is 39.0 cm³/mol. The van der Waals surface area contributed by atoms with Crippen molar-refractivity contribution in [2.75, 3.05) is 7.05 Å². The third-order valence-corrected chi connectivity index (χ3v) is 1.31. The van der Waals surface area contributed by atoms with Gasteiger partial charge >= 0.3 is 0 Å². The molecule has 0 fully saturated rings. The Balaban J connectivity index is 2.66. The monoisotopic (exact) mass is 157 g/mol. The Morgan fingerprint density at radius 2 is 1.82 bits per heavy atom. The molecule has 0 aromatic heterocycles. The average molecular weight is 157 g/mol. The fourth-order valence-electron chi connectivity index (χ4n) is 0.841. The molecule has 0 spiro atoms. The Labute approximate surface area is 64.2 Å². The van der Waals surface area contributed by atoms with Crippen LogP contribution >= 0.6 is 0 Å². The van der Waals surface area contributed by atoms with Gasteiger partial charge in [-0.2, -0.15) is 0 Å². The van der Waals surface area contributed by atoms with E-state index in [4.69, 9.17) is 0 Å². The number of hydrogen-bond donors (Lipinski definition) is 0. The van der Waals surface area contributed by atoms with Gasteiger partial charge in [0.1, 0.15) is 5.82 Å². The van der Waals surface area contributed by atoms with E-state index in [-0.39, 0.29) is 12.4 Å². The minimum absolute atomic E-state index is 0.195. The molecule has 11 heavy (non-hydrogen) atoms. The minimum Gasteiger partial charge on any atom is -0.207 e. The summed E-state index contributed by atoms with van der Waals surface area (Å²) in [5, 5.41) is 0.549. The van der Waals surface area contributed by atoms with E-state index in [9.17, 15) is 8.87 Å². The molecule has 0 aliphatic rings. The maximum atomic E-state index is 12.3. The molecule has 0 aliphatic heterocycles. The molecule has 3 heteroatoms. The zero-order valence-electron chi connectivity index (χ0n) is 6.22. The average Bonchev–Trinajstić information content (AvgIpc) is 1.93. The standard InChI is InChI=1S/C8H9F2N/c1-11(10)6-7-2-4-8(9)5-3-7/h2-5H,6H2,1H3. The van der Waals surface area contributed by atoms with Crippen molar-refractivity contribution in [1.29, 1.82) is 0 Å².